The van der Waals surface area contributed by atoms with Gasteiger partial charge in [-0.15, -0.1) is 24.3 Å². The van der Waals surface area contributed by atoms with E-state index in [4.69, 9.17) is 10.2 Å². The molecule has 9 heteroatoms. The number of aliphatic hydroxyl groups is 2. The average molecular weight is 476 g/mol. The Hall–Kier alpha value is -1.87. The SMILES string of the molecule is CCC(O)C(=O)c1ccc(F)[c-]c1F.CCC(O)C(=O)c1ccc(F)[c-]c1F.[CH3-].[CH3-].[Ti+4]. The smallest absolute Gasteiger partial charge is 0.386 e. The maximum Gasteiger partial charge on any atom is 4.00 e. The van der Waals surface area contributed by atoms with E-state index in [-0.39, 0.29) is 60.5 Å². The van der Waals surface area contributed by atoms with Crippen molar-refractivity contribution in [3.8, 4) is 0 Å². The van der Waals surface area contributed by atoms with E-state index in [1.807, 2.05) is 0 Å². The molecule has 2 rings (SSSR count). The quantitative estimate of drug-likeness (QED) is 0.282. The fourth-order valence-corrected chi connectivity index (χ4v) is 2.00. The van der Waals surface area contributed by atoms with E-state index >= 15 is 0 Å². The van der Waals surface area contributed by atoms with Crippen molar-refractivity contribution in [2.75, 3.05) is 0 Å². The number of benzene rings is 2. The van der Waals surface area contributed by atoms with Crippen LogP contribution in [0.25, 0.3) is 0 Å². The number of hydrogen-bond acceptors (Lipinski definition) is 4. The van der Waals surface area contributed by atoms with E-state index < -0.39 is 47.0 Å². The zero-order valence-corrected chi connectivity index (χ0v) is 19.2. The summed E-state index contributed by atoms with van der Waals surface area (Å²) >= 11 is 0. The van der Waals surface area contributed by atoms with Crippen LogP contribution in [0.4, 0.5) is 17.6 Å². The standard InChI is InChI=1S/2C10H9F2O2.2CH3.Ti/c2*1-2-9(13)10(14)7-4-3-6(11)5-8(7)12;;;/h2*3-4,9,13H,2H2,1H3;2*1H3;/q4*-1;+4. The molecule has 0 fully saturated rings. The number of ketones is 2. The maximum atomic E-state index is 13.0. The fraction of sp³-hybridized carbons (Fsp3) is 0.273. The minimum Gasteiger partial charge on any atom is -0.386 e. The Kier molecular flexibility index (Phi) is 17.3. The summed E-state index contributed by atoms with van der Waals surface area (Å²) < 4.78 is 50.8. The topological polar surface area (TPSA) is 74.6 Å². The molecule has 0 spiro atoms. The predicted molar refractivity (Wildman–Crippen MR) is 104 cm³/mol. The van der Waals surface area contributed by atoms with Gasteiger partial charge in [0.25, 0.3) is 0 Å². The molecule has 0 aliphatic rings. The molecule has 0 aliphatic carbocycles. The molecule has 2 N–H and O–H groups in total. The molecular formula is C22H24F4O4Ti. The number of halogens is 4. The zero-order valence-electron chi connectivity index (χ0n) is 17.6. The Morgan fingerprint density at radius 1 is 0.774 bits per heavy atom. The molecule has 0 radical (unpaired) electrons. The summed E-state index contributed by atoms with van der Waals surface area (Å²) in [6, 6.07) is 7.33. The van der Waals surface area contributed by atoms with Crippen molar-refractivity contribution in [2.24, 2.45) is 0 Å². The molecule has 2 atom stereocenters. The molecule has 2 unspecified atom stereocenters. The summed E-state index contributed by atoms with van der Waals surface area (Å²) in [5.74, 6) is -5.37. The van der Waals surface area contributed by atoms with Gasteiger partial charge in [0.1, 0.15) is 23.8 Å². The van der Waals surface area contributed by atoms with Crippen LogP contribution in [0, 0.1) is 50.3 Å². The first kappa shape index (κ1) is 33.8. The summed E-state index contributed by atoms with van der Waals surface area (Å²) in [6.07, 6.45) is -2.11. The van der Waals surface area contributed by atoms with Crippen LogP contribution in [0.1, 0.15) is 47.4 Å². The Labute approximate surface area is 195 Å². The number of Topliss-reactive ketones (excluding diaryl/α,β-unsaturated/α-hetero) is 2. The van der Waals surface area contributed by atoms with Crippen LogP contribution in [0.5, 0.6) is 0 Å². The van der Waals surface area contributed by atoms with Crippen molar-refractivity contribution in [1.82, 2.24) is 0 Å². The molecule has 0 bridgehead atoms. The second-order valence-corrected chi connectivity index (χ2v) is 5.64. The fourth-order valence-electron chi connectivity index (χ4n) is 2.00. The number of carbonyl (C=O) groups is 2. The van der Waals surface area contributed by atoms with Crippen LogP contribution in [0.2, 0.25) is 0 Å². The van der Waals surface area contributed by atoms with Gasteiger partial charge in [-0.1, -0.05) is 25.0 Å². The van der Waals surface area contributed by atoms with Gasteiger partial charge in [0.2, 0.25) is 0 Å². The van der Waals surface area contributed by atoms with E-state index in [1.165, 1.54) is 0 Å². The Balaban J connectivity index is -0.000000461. The van der Waals surface area contributed by atoms with Crippen molar-refractivity contribution in [3.63, 3.8) is 0 Å². The first-order valence-corrected chi connectivity index (χ1v) is 8.31. The van der Waals surface area contributed by atoms with Crippen LogP contribution in [-0.4, -0.2) is 34.0 Å². The summed E-state index contributed by atoms with van der Waals surface area (Å²) in [7, 11) is 0. The van der Waals surface area contributed by atoms with Gasteiger partial charge < -0.3 is 34.7 Å². The molecule has 0 aliphatic heterocycles. The predicted octanol–water partition coefficient (Wildman–Crippen LogP) is 4.34. The van der Waals surface area contributed by atoms with Crippen LogP contribution >= 0.6 is 0 Å². The monoisotopic (exact) mass is 476 g/mol. The van der Waals surface area contributed by atoms with Crippen LogP contribution in [0.3, 0.4) is 0 Å². The molecule has 0 aromatic heterocycles. The van der Waals surface area contributed by atoms with Gasteiger partial charge in [0.05, 0.1) is 0 Å². The average Bonchev–Trinajstić information content (AvgIpc) is 2.66. The number of aliphatic hydroxyl groups excluding tert-OH is 2. The third kappa shape index (κ3) is 9.87. The van der Waals surface area contributed by atoms with Crippen molar-refractivity contribution in [2.45, 2.75) is 38.9 Å². The molecular weight excluding hydrogens is 452 g/mol. The van der Waals surface area contributed by atoms with Gasteiger partial charge in [-0.3, -0.25) is 0 Å². The minimum absolute atomic E-state index is 0. The summed E-state index contributed by atoms with van der Waals surface area (Å²) in [5.41, 5.74) is -0.665. The van der Waals surface area contributed by atoms with Crippen LogP contribution < -0.4 is 0 Å². The summed E-state index contributed by atoms with van der Waals surface area (Å²) in [4.78, 5) is 22.6. The van der Waals surface area contributed by atoms with E-state index in [9.17, 15) is 27.2 Å². The van der Waals surface area contributed by atoms with Crippen LogP contribution in [0.15, 0.2) is 24.3 Å². The van der Waals surface area contributed by atoms with Gasteiger partial charge in [0, 0.05) is 23.3 Å². The molecule has 2 aromatic carbocycles. The van der Waals surface area contributed by atoms with Gasteiger partial charge in [-0.05, 0) is 12.8 Å². The van der Waals surface area contributed by atoms with E-state index in [1.54, 1.807) is 26.0 Å². The molecule has 0 saturated heterocycles. The largest absolute Gasteiger partial charge is 4.00 e. The first-order valence-electron chi connectivity index (χ1n) is 8.31. The zero-order chi connectivity index (χ0) is 21.4. The van der Waals surface area contributed by atoms with E-state index in [0.29, 0.717) is 0 Å². The van der Waals surface area contributed by atoms with Crippen molar-refractivity contribution in [1.29, 1.82) is 0 Å². The normalized spacial score (nSPS) is 11.4. The van der Waals surface area contributed by atoms with Gasteiger partial charge in [-0.2, -0.15) is 12.1 Å². The molecule has 0 amide bonds. The Morgan fingerprint density at radius 2 is 1.06 bits per heavy atom. The summed E-state index contributed by atoms with van der Waals surface area (Å²) in [6.45, 7) is 3.18. The first-order chi connectivity index (χ1) is 13.1. The van der Waals surface area contributed by atoms with Gasteiger partial charge in [0.15, 0.2) is 0 Å². The molecule has 0 saturated carbocycles. The molecule has 31 heavy (non-hydrogen) atoms. The Bertz CT molecular complexity index is 777. The van der Waals surface area contributed by atoms with E-state index in [2.05, 4.69) is 0 Å². The second-order valence-electron chi connectivity index (χ2n) is 5.64. The van der Waals surface area contributed by atoms with Crippen LogP contribution in [-0.2, 0) is 21.7 Å². The van der Waals surface area contributed by atoms with Crippen molar-refractivity contribution in [3.05, 3.63) is 85.6 Å². The van der Waals surface area contributed by atoms with Crippen molar-refractivity contribution >= 4 is 11.6 Å². The van der Waals surface area contributed by atoms with E-state index in [0.717, 1.165) is 24.3 Å². The number of hydrogen-bond donors (Lipinski definition) is 2. The maximum absolute atomic E-state index is 13.0. The van der Waals surface area contributed by atoms with Crippen molar-refractivity contribution < 1.29 is 59.1 Å². The molecule has 168 valence electrons. The Morgan fingerprint density at radius 3 is 1.29 bits per heavy atom. The third-order valence-electron chi connectivity index (χ3n) is 3.63. The van der Waals surface area contributed by atoms with Gasteiger partial charge >= 0.3 is 21.7 Å². The molecule has 0 heterocycles. The second kappa shape index (κ2) is 15.9. The third-order valence-corrected chi connectivity index (χ3v) is 3.63. The molecule has 2 aromatic rings. The summed E-state index contributed by atoms with van der Waals surface area (Å²) in [5, 5.41) is 18.3. The molecule has 4 nitrogen and oxygen atoms in total. The van der Waals surface area contributed by atoms with Gasteiger partial charge in [-0.25, -0.2) is 17.6 Å². The minimum atomic E-state index is -1.25. The number of rotatable bonds is 6. The number of carbonyl (C=O) groups excluding carboxylic acids is 2.